The van der Waals surface area contributed by atoms with E-state index >= 15 is 0 Å². The molecule has 3 aromatic rings. The van der Waals surface area contributed by atoms with Crippen molar-refractivity contribution in [1.82, 2.24) is 14.1 Å². The Hall–Kier alpha value is -2.97. The molecule has 1 N–H and O–H groups in total. The fourth-order valence-corrected chi connectivity index (χ4v) is 5.00. The molecule has 0 spiro atoms. The first-order valence-electron chi connectivity index (χ1n) is 10.0. The zero-order valence-corrected chi connectivity index (χ0v) is 17.4. The lowest BCUT2D eigenvalue weighted by Gasteiger charge is -2.15. The van der Waals surface area contributed by atoms with Gasteiger partial charge in [-0.15, -0.1) is 0 Å². The van der Waals surface area contributed by atoms with Crippen LogP contribution < -0.4 is 5.32 Å². The number of carbonyl (C=O) groups is 1. The smallest absolute Gasteiger partial charge is 0.243 e. The number of sulfonamides is 1. The van der Waals surface area contributed by atoms with E-state index in [1.165, 1.54) is 4.31 Å². The molecule has 2 aromatic carbocycles. The third-order valence-corrected chi connectivity index (χ3v) is 7.06. The van der Waals surface area contributed by atoms with Crippen LogP contribution in [0.1, 0.15) is 24.8 Å². The number of aromatic nitrogens is 2. The van der Waals surface area contributed by atoms with Gasteiger partial charge in [-0.2, -0.15) is 9.40 Å². The number of anilines is 1. The summed E-state index contributed by atoms with van der Waals surface area (Å²) in [4.78, 5) is 12.6. The molecular weight excluding hydrogens is 400 g/mol. The Labute approximate surface area is 176 Å². The highest BCUT2D eigenvalue weighted by molar-refractivity contribution is 7.89. The molecule has 0 saturated carbocycles. The summed E-state index contributed by atoms with van der Waals surface area (Å²) >= 11 is 0. The lowest BCUT2D eigenvalue weighted by Crippen LogP contribution is -2.27. The summed E-state index contributed by atoms with van der Waals surface area (Å²) in [5, 5.41) is 7.17. The summed E-state index contributed by atoms with van der Waals surface area (Å²) in [7, 11) is -3.40. The molecule has 0 atom stereocenters. The maximum Gasteiger partial charge on any atom is 0.243 e. The maximum absolute atomic E-state index is 12.6. The normalized spacial score (nSPS) is 14.7. The molecular formula is C22H24N4O3S. The molecule has 156 valence electrons. The van der Waals surface area contributed by atoms with Crippen molar-refractivity contribution in [2.24, 2.45) is 0 Å². The fourth-order valence-electron chi connectivity index (χ4n) is 3.48. The van der Waals surface area contributed by atoms with Gasteiger partial charge in [0.25, 0.3) is 0 Å². The number of hydrogen-bond acceptors (Lipinski definition) is 4. The number of amides is 1. The van der Waals surface area contributed by atoms with Crippen LogP contribution in [-0.4, -0.2) is 41.5 Å². The highest BCUT2D eigenvalue weighted by atomic mass is 32.2. The van der Waals surface area contributed by atoms with E-state index in [2.05, 4.69) is 10.4 Å². The first kappa shape index (κ1) is 20.3. The van der Waals surface area contributed by atoms with Crippen LogP contribution in [-0.2, 0) is 21.2 Å². The topological polar surface area (TPSA) is 84.3 Å². The Morgan fingerprint density at radius 2 is 1.67 bits per heavy atom. The van der Waals surface area contributed by atoms with E-state index in [-0.39, 0.29) is 12.3 Å². The molecule has 4 rings (SSSR count). The number of nitrogens with one attached hydrogen (secondary N) is 1. The molecule has 1 aliphatic heterocycles. The van der Waals surface area contributed by atoms with E-state index in [1.54, 1.807) is 41.2 Å². The lowest BCUT2D eigenvalue weighted by molar-refractivity contribution is -0.116. The zero-order valence-electron chi connectivity index (χ0n) is 16.6. The van der Waals surface area contributed by atoms with Crippen molar-refractivity contribution in [3.63, 3.8) is 0 Å². The van der Waals surface area contributed by atoms with Crippen LogP contribution in [0.5, 0.6) is 0 Å². The predicted molar refractivity (Wildman–Crippen MR) is 115 cm³/mol. The SMILES string of the molecule is O=C(CCc1ccc(S(=O)(=O)N2CCCC2)cc1)Nc1ccn(-c2ccccc2)n1. The fraction of sp³-hybridized carbons (Fsp3) is 0.273. The van der Waals surface area contributed by atoms with Crippen molar-refractivity contribution >= 4 is 21.7 Å². The third kappa shape index (κ3) is 4.60. The summed E-state index contributed by atoms with van der Waals surface area (Å²) in [6, 6.07) is 18.2. The van der Waals surface area contributed by atoms with Crippen LogP contribution in [0.3, 0.4) is 0 Å². The van der Waals surface area contributed by atoms with E-state index in [0.717, 1.165) is 24.1 Å². The Morgan fingerprint density at radius 3 is 2.37 bits per heavy atom. The summed E-state index contributed by atoms with van der Waals surface area (Å²) in [6.07, 6.45) is 4.43. The van der Waals surface area contributed by atoms with Crippen LogP contribution in [0.25, 0.3) is 5.69 Å². The van der Waals surface area contributed by atoms with Gasteiger partial charge in [0.05, 0.1) is 10.6 Å². The van der Waals surface area contributed by atoms with Gasteiger partial charge in [-0.25, -0.2) is 13.1 Å². The molecule has 0 unspecified atom stereocenters. The average Bonchev–Trinajstić information content (AvgIpc) is 3.46. The summed E-state index contributed by atoms with van der Waals surface area (Å²) in [6.45, 7) is 1.18. The number of benzene rings is 2. The van der Waals surface area contributed by atoms with Gasteiger partial charge in [-0.1, -0.05) is 30.3 Å². The molecule has 1 aromatic heterocycles. The average molecular weight is 425 g/mol. The monoisotopic (exact) mass is 424 g/mol. The number of rotatable bonds is 7. The highest BCUT2D eigenvalue weighted by Gasteiger charge is 2.26. The van der Waals surface area contributed by atoms with Gasteiger partial charge in [0, 0.05) is 31.8 Å². The third-order valence-electron chi connectivity index (χ3n) is 5.14. The minimum absolute atomic E-state index is 0.137. The molecule has 0 aliphatic carbocycles. The molecule has 1 saturated heterocycles. The van der Waals surface area contributed by atoms with Crippen molar-refractivity contribution < 1.29 is 13.2 Å². The van der Waals surface area contributed by atoms with Crippen molar-refractivity contribution in [3.8, 4) is 5.69 Å². The van der Waals surface area contributed by atoms with Gasteiger partial charge in [0.1, 0.15) is 0 Å². The molecule has 0 bridgehead atoms. The van der Waals surface area contributed by atoms with Gasteiger partial charge >= 0.3 is 0 Å². The standard InChI is InChI=1S/C22H24N4O3S/c27-22(23-21-14-17-26(24-21)19-6-2-1-3-7-19)13-10-18-8-11-20(12-9-18)30(28,29)25-15-4-5-16-25/h1-3,6-9,11-12,14,17H,4-5,10,13,15-16H2,(H,23,24,27). The Bertz CT molecular complexity index is 1100. The summed E-state index contributed by atoms with van der Waals surface area (Å²) < 4.78 is 28.4. The van der Waals surface area contributed by atoms with Gasteiger partial charge in [0.2, 0.25) is 15.9 Å². The highest BCUT2D eigenvalue weighted by Crippen LogP contribution is 2.21. The number of nitrogens with zero attached hydrogens (tertiary/aromatic N) is 3. The Kier molecular flexibility index (Phi) is 5.96. The van der Waals surface area contributed by atoms with Crippen molar-refractivity contribution in [3.05, 3.63) is 72.4 Å². The number of para-hydroxylation sites is 1. The van der Waals surface area contributed by atoms with Crippen LogP contribution in [0.15, 0.2) is 71.8 Å². The van der Waals surface area contributed by atoms with Gasteiger partial charge in [0.15, 0.2) is 5.82 Å². The van der Waals surface area contributed by atoms with E-state index < -0.39 is 10.0 Å². The summed E-state index contributed by atoms with van der Waals surface area (Å²) in [5.41, 5.74) is 1.84. The van der Waals surface area contributed by atoms with E-state index in [9.17, 15) is 13.2 Å². The first-order chi connectivity index (χ1) is 14.5. The minimum atomic E-state index is -3.40. The molecule has 1 amide bonds. The molecule has 2 heterocycles. The molecule has 8 heteroatoms. The Balaban J connectivity index is 1.31. The summed E-state index contributed by atoms with van der Waals surface area (Å²) in [5.74, 6) is 0.359. The molecule has 1 fully saturated rings. The van der Waals surface area contributed by atoms with E-state index in [0.29, 0.717) is 30.2 Å². The van der Waals surface area contributed by atoms with Gasteiger partial charge < -0.3 is 5.32 Å². The Morgan fingerprint density at radius 1 is 0.967 bits per heavy atom. The molecule has 1 aliphatic rings. The van der Waals surface area contributed by atoms with Crippen molar-refractivity contribution in [2.45, 2.75) is 30.6 Å². The second-order valence-corrected chi connectivity index (χ2v) is 9.22. The van der Waals surface area contributed by atoms with E-state index in [1.807, 2.05) is 30.3 Å². The first-order valence-corrected chi connectivity index (χ1v) is 11.5. The predicted octanol–water partition coefficient (Wildman–Crippen LogP) is 3.23. The lowest BCUT2D eigenvalue weighted by atomic mass is 10.1. The largest absolute Gasteiger partial charge is 0.309 e. The van der Waals surface area contributed by atoms with Crippen molar-refractivity contribution in [1.29, 1.82) is 0 Å². The minimum Gasteiger partial charge on any atom is -0.309 e. The molecule has 0 radical (unpaired) electrons. The van der Waals surface area contributed by atoms with Crippen molar-refractivity contribution in [2.75, 3.05) is 18.4 Å². The van der Waals surface area contributed by atoms with Gasteiger partial charge in [-0.05, 0) is 49.1 Å². The van der Waals surface area contributed by atoms with Crippen LogP contribution in [0.4, 0.5) is 5.82 Å². The quantitative estimate of drug-likeness (QED) is 0.631. The maximum atomic E-state index is 12.6. The molecule has 7 nitrogen and oxygen atoms in total. The van der Waals surface area contributed by atoms with Crippen LogP contribution in [0.2, 0.25) is 0 Å². The number of carbonyl (C=O) groups excluding carboxylic acids is 1. The van der Waals surface area contributed by atoms with Crippen LogP contribution >= 0.6 is 0 Å². The van der Waals surface area contributed by atoms with E-state index in [4.69, 9.17) is 0 Å². The second kappa shape index (κ2) is 8.81. The zero-order chi connectivity index (χ0) is 21.0. The van der Waals surface area contributed by atoms with Gasteiger partial charge in [-0.3, -0.25) is 4.79 Å². The molecule has 30 heavy (non-hydrogen) atoms. The number of aryl methyl sites for hydroxylation is 1. The van der Waals surface area contributed by atoms with Crippen LogP contribution in [0, 0.1) is 0 Å². The second-order valence-electron chi connectivity index (χ2n) is 7.28. The number of hydrogen-bond donors (Lipinski definition) is 1.